The van der Waals surface area contributed by atoms with Crippen LogP contribution in [0.25, 0.3) is 10.2 Å². The number of rotatable bonds is 4. The zero-order chi connectivity index (χ0) is 22.4. The number of piperidine rings is 1. The molecule has 8 heteroatoms. The second-order valence-corrected chi connectivity index (χ2v) is 9.80. The van der Waals surface area contributed by atoms with E-state index in [4.69, 9.17) is 0 Å². The fourth-order valence-corrected chi connectivity index (χ4v) is 5.52. The van der Waals surface area contributed by atoms with E-state index in [-0.39, 0.29) is 18.0 Å². The Balaban J connectivity index is 1.56. The smallest absolute Gasteiger partial charge is 0.331 e. The van der Waals surface area contributed by atoms with E-state index in [9.17, 15) is 9.59 Å². The third-order valence-corrected chi connectivity index (χ3v) is 7.31. The summed E-state index contributed by atoms with van der Waals surface area (Å²) in [4.78, 5) is 33.8. The number of hydrogen-bond donors (Lipinski definition) is 3. The number of pyridine rings is 1. The van der Waals surface area contributed by atoms with Crippen molar-refractivity contribution in [3.63, 3.8) is 0 Å². The first-order valence-corrected chi connectivity index (χ1v) is 11.9. The standard InChI is InChI=1S/C24H27N5O2S/c1-13(2)15-6-7-17(14(3)11-15)29-18-8-10-26-23-19(18)20(28-24(29)31)21(32-23)22(30)27-16-5-4-9-25-12-16/h6-8,10-11,13,16,25H,4-5,9,12H2,1-3H3,(H,27,30)(H,28,31). The van der Waals surface area contributed by atoms with Gasteiger partial charge in [0, 0.05) is 18.8 Å². The number of nitrogens with zero attached hydrogens (tertiary/aromatic N) is 2. The topological polar surface area (TPSA) is 86.4 Å². The van der Waals surface area contributed by atoms with Gasteiger partial charge in [-0.3, -0.25) is 9.69 Å². The molecule has 0 spiro atoms. The number of nitrogens with one attached hydrogen (secondary N) is 3. The summed E-state index contributed by atoms with van der Waals surface area (Å²) in [5, 5.41) is 10.2. The molecule has 3 aromatic rings. The Labute approximate surface area is 191 Å². The first-order valence-electron chi connectivity index (χ1n) is 11.1. The molecule has 166 valence electrons. The van der Waals surface area contributed by atoms with Gasteiger partial charge < -0.3 is 16.0 Å². The molecular formula is C24H27N5O2S. The average molecular weight is 450 g/mol. The predicted octanol–water partition coefficient (Wildman–Crippen LogP) is 4.89. The molecule has 1 atom stereocenters. The maximum Gasteiger partial charge on any atom is 0.331 e. The van der Waals surface area contributed by atoms with Gasteiger partial charge in [-0.2, -0.15) is 0 Å². The lowest BCUT2D eigenvalue weighted by atomic mass is 9.99. The maximum atomic E-state index is 13.3. The number of aryl methyl sites for hydroxylation is 1. The Morgan fingerprint density at radius 1 is 1.28 bits per heavy atom. The minimum absolute atomic E-state index is 0.0963. The minimum atomic E-state index is -0.267. The predicted molar refractivity (Wildman–Crippen MR) is 129 cm³/mol. The quantitative estimate of drug-likeness (QED) is 0.529. The van der Waals surface area contributed by atoms with E-state index >= 15 is 0 Å². The van der Waals surface area contributed by atoms with Crippen LogP contribution in [0.4, 0.5) is 21.9 Å². The van der Waals surface area contributed by atoms with Crippen molar-refractivity contribution in [2.75, 3.05) is 23.3 Å². The lowest BCUT2D eigenvalue weighted by Crippen LogP contribution is -2.45. The van der Waals surface area contributed by atoms with Crippen molar-refractivity contribution in [2.45, 2.75) is 45.6 Å². The van der Waals surface area contributed by atoms with E-state index < -0.39 is 0 Å². The summed E-state index contributed by atoms with van der Waals surface area (Å²) in [6.45, 7) is 8.08. The number of thiophene rings is 1. The number of hydrogen-bond acceptors (Lipinski definition) is 5. The van der Waals surface area contributed by atoms with Crippen molar-refractivity contribution < 1.29 is 9.59 Å². The Kier molecular flexibility index (Phi) is 5.35. The second kappa shape index (κ2) is 8.18. The zero-order valence-electron chi connectivity index (χ0n) is 18.5. The van der Waals surface area contributed by atoms with Crippen LogP contribution in [0.1, 0.15) is 53.4 Å². The molecule has 2 aromatic heterocycles. The van der Waals surface area contributed by atoms with Gasteiger partial charge in [0.05, 0.1) is 22.4 Å². The van der Waals surface area contributed by atoms with Crippen molar-refractivity contribution >= 4 is 50.6 Å². The largest absolute Gasteiger partial charge is 0.347 e. The van der Waals surface area contributed by atoms with Gasteiger partial charge >= 0.3 is 6.03 Å². The molecule has 1 fully saturated rings. The highest BCUT2D eigenvalue weighted by molar-refractivity contribution is 7.21. The normalized spacial score (nSPS) is 18.2. The number of urea groups is 1. The summed E-state index contributed by atoms with van der Waals surface area (Å²) in [5.74, 6) is 0.253. The van der Waals surface area contributed by atoms with Gasteiger partial charge in [0.2, 0.25) is 0 Å². The molecular weight excluding hydrogens is 422 g/mol. The van der Waals surface area contributed by atoms with Gasteiger partial charge in [-0.1, -0.05) is 26.0 Å². The zero-order valence-corrected chi connectivity index (χ0v) is 19.3. The summed E-state index contributed by atoms with van der Waals surface area (Å²) in [5.41, 5.74) is 4.40. The molecule has 1 unspecified atom stereocenters. The molecule has 1 aromatic carbocycles. The SMILES string of the molecule is Cc1cc(C(C)C)ccc1N1C(=O)Nc2c(C(=O)NC3CCCNC3)sc3nccc1c23. The fourth-order valence-electron chi connectivity index (χ4n) is 4.50. The lowest BCUT2D eigenvalue weighted by molar-refractivity contribution is 0.0935. The van der Waals surface area contributed by atoms with Crippen LogP contribution in [-0.4, -0.2) is 36.1 Å². The third-order valence-electron chi connectivity index (χ3n) is 6.21. The van der Waals surface area contributed by atoms with Gasteiger partial charge in [0.1, 0.15) is 9.71 Å². The van der Waals surface area contributed by atoms with Gasteiger partial charge in [0.15, 0.2) is 0 Å². The van der Waals surface area contributed by atoms with Crippen molar-refractivity contribution in [3.8, 4) is 0 Å². The summed E-state index contributed by atoms with van der Waals surface area (Å²) in [6.07, 6.45) is 3.69. The van der Waals surface area contributed by atoms with Crippen LogP contribution in [-0.2, 0) is 0 Å². The molecule has 0 aliphatic carbocycles. The first kappa shape index (κ1) is 20.9. The van der Waals surface area contributed by atoms with Crippen LogP contribution < -0.4 is 20.9 Å². The number of aromatic nitrogens is 1. The van der Waals surface area contributed by atoms with E-state index in [1.54, 1.807) is 11.1 Å². The van der Waals surface area contributed by atoms with Crippen LogP contribution in [0.15, 0.2) is 30.5 Å². The molecule has 2 aliphatic heterocycles. The summed E-state index contributed by atoms with van der Waals surface area (Å²) >= 11 is 1.32. The number of carbonyl (C=O) groups excluding carboxylic acids is 2. The van der Waals surface area contributed by atoms with Gasteiger partial charge in [-0.05, 0) is 55.5 Å². The molecule has 0 radical (unpaired) electrons. The van der Waals surface area contributed by atoms with Crippen LogP contribution in [0.3, 0.4) is 0 Å². The van der Waals surface area contributed by atoms with E-state index in [2.05, 4.69) is 46.9 Å². The van der Waals surface area contributed by atoms with Gasteiger partial charge in [0.25, 0.3) is 5.91 Å². The molecule has 1 saturated heterocycles. The number of benzene rings is 1. The van der Waals surface area contributed by atoms with E-state index in [0.717, 1.165) is 53.1 Å². The van der Waals surface area contributed by atoms with Gasteiger partial charge in [-0.15, -0.1) is 11.3 Å². The minimum Gasteiger partial charge on any atom is -0.347 e. The molecule has 2 aliphatic rings. The van der Waals surface area contributed by atoms with Crippen molar-refractivity contribution in [2.24, 2.45) is 0 Å². The Hall–Kier alpha value is -2.97. The van der Waals surface area contributed by atoms with Crippen LogP contribution in [0.5, 0.6) is 0 Å². The summed E-state index contributed by atoms with van der Waals surface area (Å²) in [6, 6.07) is 7.87. The monoisotopic (exact) mass is 449 g/mol. The number of carbonyl (C=O) groups is 2. The number of amides is 3. The lowest BCUT2D eigenvalue weighted by Gasteiger charge is -2.30. The number of anilines is 3. The van der Waals surface area contributed by atoms with Gasteiger partial charge in [-0.25, -0.2) is 9.78 Å². The van der Waals surface area contributed by atoms with Crippen molar-refractivity contribution in [1.82, 2.24) is 15.6 Å². The second-order valence-electron chi connectivity index (χ2n) is 8.80. The maximum absolute atomic E-state index is 13.3. The van der Waals surface area contributed by atoms with E-state index in [0.29, 0.717) is 16.5 Å². The molecule has 4 heterocycles. The fraction of sp³-hybridized carbons (Fsp3) is 0.375. The molecule has 3 N–H and O–H groups in total. The van der Waals surface area contributed by atoms with E-state index in [1.165, 1.54) is 16.9 Å². The average Bonchev–Trinajstić information content (AvgIpc) is 3.15. The molecule has 0 bridgehead atoms. The molecule has 0 saturated carbocycles. The molecule has 3 amide bonds. The Morgan fingerprint density at radius 2 is 2.12 bits per heavy atom. The van der Waals surface area contributed by atoms with E-state index in [1.807, 2.05) is 19.1 Å². The molecule has 5 rings (SSSR count). The Bertz CT molecular complexity index is 1210. The first-order chi connectivity index (χ1) is 15.4. The van der Waals surface area contributed by atoms with Crippen LogP contribution in [0.2, 0.25) is 0 Å². The third kappa shape index (κ3) is 3.53. The summed E-state index contributed by atoms with van der Waals surface area (Å²) in [7, 11) is 0. The molecule has 32 heavy (non-hydrogen) atoms. The highest BCUT2D eigenvalue weighted by atomic mass is 32.1. The molecule has 7 nitrogen and oxygen atoms in total. The summed E-state index contributed by atoms with van der Waals surface area (Å²) < 4.78 is 0. The highest BCUT2D eigenvalue weighted by Gasteiger charge is 2.33. The van der Waals surface area contributed by atoms with Crippen LogP contribution in [0, 0.1) is 6.92 Å². The van der Waals surface area contributed by atoms with Crippen molar-refractivity contribution in [3.05, 3.63) is 46.5 Å². The van der Waals surface area contributed by atoms with Crippen LogP contribution >= 0.6 is 11.3 Å². The van der Waals surface area contributed by atoms with Crippen molar-refractivity contribution in [1.29, 1.82) is 0 Å². The Morgan fingerprint density at radius 3 is 2.84 bits per heavy atom. The highest BCUT2D eigenvalue weighted by Crippen LogP contribution is 2.46.